The zero-order valence-electron chi connectivity index (χ0n) is 11.1. The van der Waals surface area contributed by atoms with Crippen molar-refractivity contribution in [1.82, 2.24) is 14.8 Å². The van der Waals surface area contributed by atoms with Gasteiger partial charge in [0.2, 0.25) is 11.6 Å². The summed E-state index contributed by atoms with van der Waals surface area (Å²) < 4.78 is 52.5. The van der Waals surface area contributed by atoms with Crippen molar-refractivity contribution in [3.63, 3.8) is 0 Å². The molecule has 0 unspecified atom stereocenters. The van der Waals surface area contributed by atoms with E-state index < -0.39 is 29.2 Å². The van der Waals surface area contributed by atoms with Gasteiger partial charge in [0, 0.05) is 39.3 Å². The Hall–Kier alpha value is -1.41. The molecule has 2 rings (SSSR count). The quantitative estimate of drug-likeness (QED) is 0.669. The predicted molar refractivity (Wildman–Crippen MR) is 66.5 cm³/mol. The maximum atomic E-state index is 13.3. The average molecular weight is 292 g/mol. The second-order valence-electron chi connectivity index (χ2n) is 4.77. The fourth-order valence-corrected chi connectivity index (χ4v) is 2.05. The van der Waals surface area contributed by atoms with Crippen LogP contribution in [0.4, 0.5) is 23.2 Å². The van der Waals surface area contributed by atoms with Crippen LogP contribution in [0.15, 0.2) is 0 Å². The molecule has 1 saturated heterocycles. The molecular formula is C12H16F4N4. The van der Waals surface area contributed by atoms with Crippen LogP contribution in [0.25, 0.3) is 0 Å². The van der Waals surface area contributed by atoms with Gasteiger partial charge in [-0.2, -0.15) is 22.5 Å². The highest BCUT2D eigenvalue weighted by molar-refractivity contribution is 5.45. The smallest absolute Gasteiger partial charge is 0.253 e. The Morgan fingerprint density at radius 1 is 1.00 bits per heavy atom. The molecule has 1 N–H and O–H groups in total. The first-order valence-electron chi connectivity index (χ1n) is 6.34. The summed E-state index contributed by atoms with van der Waals surface area (Å²) in [4.78, 5) is 6.79. The Kier molecular flexibility index (Phi) is 4.77. The van der Waals surface area contributed by atoms with Crippen molar-refractivity contribution in [2.45, 2.75) is 0 Å². The van der Waals surface area contributed by atoms with Crippen LogP contribution in [-0.4, -0.2) is 61.1 Å². The minimum absolute atomic E-state index is 0.195. The van der Waals surface area contributed by atoms with E-state index in [1.54, 1.807) is 0 Å². The maximum Gasteiger partial charge on any atom is 0.253 e. The lowest BCUT2D eigenvalue weighted by atomic mass is 10.3. The van der Waals surface area contributed by atoms with E-state index in [0.717, 1.165) is 26.2 Å². The van der Waals surface area contributed by atoms with E-state index in [2.05, 4.69) is 20.1 Å². The van der Waals surface area contributed by atoms with E-state index in [1.165, 1.54) is 0 Å². The van der Waals surface area contributed by atoms with Crippen molar-refractivity contribution >= 4 is 5.69 Å². The lowest BCUT2D eigenvalue weighted by molar-refractivity contribution is 0.158. The summed E-state index contributed by atoms with van der Waals surface area (Å²) >= 11 is 0. The summed E-state index contributed by atoms with van der Waals surface area (Å²) in [5, 5.41) is 2.40. The summed E-state index contributed by atoms with van der Waals surface area (Å²) in [5.41, 5.74) is -0.802. The number of nitrogens with zero attached hydrogens (tertiary/aromatic N) is 3. The zero-order chi connectivity index (χ0) is 14.7. The summed E-state index contributed by atoms with van der Waals surface area (Å²) in [6.45, 7) is 4.27. The van der Waals surface area contributed by atoms with Crippen LogP contribution in [0.5, 0.6) is 0 Å². The maximum absolute atomic E-state index is 13.3. The number of hydrogen-bond donors (Lipinski definition) is 1. The Morgan fingerprint density at radius 2 is 1.55 bits per heavy atom. The lowest BCUT2D eigenvalue weighted by Crippen LogP contribution is -2.45. The fraction of sp³-hybridized carbons (Fsp3) is 0.583. The standard InChI is InChI=1S/C12H16F4N4/c1-19-4-6-20(7-5-19)3-2-17-10-8(13)11(15)18-12(16)9(10)14/h2-7H2,1H3,(H,17,18). The highest BCUT2D eigenvalue weighted by Crippen LogP contribution is 2.21. The number of likely N-dealkylation sites (N-methyl/N-ethyl adjacent to an activating group) is 1. The first kappa shape index (κ1) is 15.0. The molecule has 0 bridgehead atoms. The Labute approximate surface area is 114 Å². The molecule has 1 aliphatic heterocycles. The zero-order valence-corrected chi connectivity index (χ0v) is 11.1. The van der Waals surface area contributed by atoms with Gasteiger partial charge in [0.1, 0.15) is 5.69 Å². The normalized spacial score (nSPS) is 17.4. The van der Waals surface area contributed by atoms with Crippen molar-refractivity contribution < 1.29 is 17.6 Å². The molecular weight excluding hydrogens is 276 g/mol. The number of anilines is 1. The van der Waals surface area contributed by atoms with Gasteiger partial charge in [-0.3, -0.25) is 4.90 Å². The molecule has 0 radical (unpaired) electrons. The van der Waals surface area contributed by atoms with Crippen molar-refractivity contribution in [2.24, 2.45) is 0 Å². The molecule has 1 aromatic heterocycles. The minimum atomic E-state index is -1.65. The first-order chi connectivity index (χ1) is 9.49. The van der Waals surface area contributed by atoms with Crippen molar-refractivity contribution in [1.29, 1.82) is 0 Å². The van der Waals surface area contributed by atoms with Gasteiger partial charge in [0.25, 0.3) is 11.9 Å². The van der Waals surface area contributed by atoms with Gasteiger partial charge in [-0.1, -0.05) is 0 Å². The third kappa shape index (κ3) is 3.37. The monoisotopic (exact) mass is 292 g/mol. The Bertz CT molecular complexity index is 449. The molecule has 4 nitrogen and oxygen atoms in total. The Morgan fingerprint density at radius 3 is 2.10 bits per heavy atom. The van der Waals surface area contributed by atoms with Gasteiger partial charge >= 0.3 is 0 Å². The van der Waals surface area contributed by atoms with E-state index in [-0.39, 0.29) is 6.54 Å². The van der Waals surface area contributed by atoms with E-state index in [0.29, 0.717) is 6.54 Å². The van der Waals surface area contributed by atoms with Gasteiger partial charge in [0.15, 0.2) is 0 Å². The number of aromatic nitrogens is 1. The van der Waals surface area contributed by atoms with E-state index in [9.17, 15) is 17.6 Å². The predicted octanol–water partition coefficient (Wildman–Crippen LogP) is 1.30. The van der Waals surface area contributed by atoms with Crippen LogP contribution in [0, 0.1) is 23.5 Å². The van der Waals surface area contributed by atoms with Crippen LogP contribution in [0.1, 0.15) is 0 Å². The molecule has 0 atom stereocenters. The molecule has 8 heteroatoms. The molecule has 20 heavy (non-hydrogen) atoms. The molecule has 2 heterocycles. The number of rotatable bonds is 4. The number of halogens is 4. The van der Waals surface area contributed by atoms with Gasteiger partial charge in [-0.05, 0) is 7.05 Å². The van der Waals surface area contributed by atoms with Crippen molar-refractivity contribution in [3.8, 4) is 0 Å². The lowest BCUT2D eigenvalue weighted by Gasteiger charge is -2.32. The number of pyridine rings is 1. The third-order valence-corrected chi connectivity index (χ3v) is 3.32. The van der Waals surface area contributed by atoms with Gasteiger partial charge in [-0.25, -0.2) is 0 Å². The first-order valence-corrected chi connectivity index (χ1v) is 6.34. The van der Waals surface area contributed by atoms with E-state index in [4.69, 9.17) is 0 Å². The van der Waals surface area contributed by atoms with Gasteiger partial charge in [0.05, 0.1) is 0 Å². The minimum Gasteiger partial charge on any atom is -0.379 e. The molecule has 0 aliphatic carbocycles. The molecule has 0 saturated carbocycles. The van der Waals surface area contributed by atoms with Crippen molar-refractivity contribution in [3.05, 3.63) is 23.5 Å². The summed E-state index contributed by atoms with van der Waals surface area (Å²) in [5.74, 6) is -6.29. The van der Waals surface area contributed by atoms with E-state index >= 15 is 0 Å². The van der Waals surface area contributed by atoms with Crippen LogP contribution in [0.2, 0.25) is 0 Å². The second-order valence-corrected chi connectivity index (χ2v) is 4.77. The third-order valence-electron chi connectivity index (χ3n) is 3.32. The molecule has 1 aliphatic rings. The molecule has 1 fully saturated rings. The van der Waals surface area contributed by atoms with Crippen molar-refractivity contribution in [2.75, 3.05) is 51.6 Å². The van der Waals surface area contributed by atoms with Crippen LogP contribution >= 0.6 is 0 Å². The molecule has 1 aromatic rings. The van der Waals surface area contributed by atoms with Crippen LogP contribution in [0.3, 0.4) is 0 Å². The summed E-state index contributed by atoms with van der Waals surface area (Å²) in [6.07, 6.45) is 0. The second kappa shape index (κ2) is 6.36. The van der Waals surface area contributed by atoms with Gasteiger partial charge in [-0.15, -0.1) is 0 Å². The number of nitrogens with one attached hydrogen (secondary N) is 1. The summed E-state index contributed by atoms with van der Waals surface area (Å²) in [6, 6.07) is 0. The number of hydrogen-bond acceptors (Lipinski definition) is 4. The van der Waals surface area contributed by atoms with Gasteiger partial charge < -0.3 is 10.2 Å². The molecule has 112 valence electrons. The van der Waals surface area contributed by atoms with E-state index in [1.807, 2.05) is 7.05 Å². The highest BCUT2D eigenvalue weighted by Gasteiger charge is 2.20. The SMILES string of the molecule is CN1CCN(CCNc2c(F)c(F)nc(F)c2F)CC1. The molecule has 0 spiro atoms. The highest BCUT2D eigenvalue weighted by atomic mass is 19.2. The van der Waals surface area contributed by atoms with Crippen LogP contribution < -0.4 is 5.32 Å². The Balaban J connectivity index is 1.91. The average Bonchev–Trinajstić information content (AvgIpc) is 2.42. The topological polar surface area (TPSA) is 31.4 Å². The largest absolute Gasteiger partial charge is 0.379 e. The van der Waals surface area contributed by atoms with Crippen LogP contribution in [-0.2, 0) is 0 Å². The molecule has 0 aromatic carbocycles. The molecule has 0 amide bonds. The summed E-state index contributed by atoms with van der Waals surface area (Å²) in [7, 11) is 2.02. The number of piperazine rings is 1. The fourth-order valence-electron chi connectivity index (χ4n) is 2.05.